The molecule has 8 nitrogen and oxygen atoms in total. The summed E-state index contributed by atoms with van der Waals surface area (Å²) in [6.07, 6.45) is 1.78. The zero-order chi connectivity index (χ0) is 20.3. The molecule has 0 atom stereocenters. The van der Waals surface area contributed by atoms with Gasteiger partial charge >= 0.3 is 0 Å². The van der Waals surface area contributed by atoms with Crippen molar-refractivity contribution in [2.45, 2.75) is 39.3 Å². The Morgan fingerprint density at radius 1 is 1.25 bits per heavy atom. The molecule has 0 aliphatic carbocycles. The largest absolute Gasteiger partial charge is 0.493 e. The van der Waals surface area contributed by atoms with Gasteiger partial charge in [-0.1, -0.05) is 13.8 Å². The molecule has 1 fully saturated rings. The maximum absolute atomic E-state index is 12.5. The maximum atomic E-state index is 12.5. The standard InChI is InChI=1S/C20H28N4O4/c1-12(2)19(25)21-13-5-7-24(8-6-13)11-18-22-15-10-17(28-4)16(27-3)9-14(15)20(26)23-18/h9-10,12-13H,5-8,11H2,1-4H3,(H,21,25)(H,22,23,26). The Morgan fingerprint density at radius 3 is 2.50 bits per heavy atom. The normalized spacial score (nSPS) is 15.8. The number of benzene rings is 1. The van der Waals surface area contributed by atoms with E-state index in [2.05, 4.69) is 20.2 Å². The van der Waals surface area contributed by atoms with Crippen LogP contribution in [0.15, 0.2) is 16.9 Å². The number of aromatic amines is 1. The minimum Gasteiger partial charge on any atom is -0.493 e. The molecule has 3 rings (SSSR count). The van der Waals surface area contributed by atoms with Gasteiger partial charge in [-0.25, -0.2) is 4.98 Å². The number of carbonyl (C=O) groups excluding carboxylic acids is 1. The second kappa shape index (κ2) is 8.60. The van der Waals surface area contributed by atoms with Crippen LogP contribution in [0.25, 0.3) is 10.9 Å². The van der Waals surface area contributed by atoms with E-state index >= 15 is 0 Å². The Labute approximate surface area is 164 Å². The predicted molar refractivity (Wildman–Crippen MR) is 107 cm³/mol. The second-order valence-electron chi connectivity index (χ2n) is 7.45. The first-order chi connectivity index (χ1) is 13.4. The lowest BCUT2D eigenvalue weighted by atomic mass is 10.0. The summed E-state index contributed by atoms with van der Waals surface area (Å²) in [6, 6.07) is 3.58. The van der Waals surface area contributed by atoms with E-state index in [0.717, 1.165) is 25.9 Å². The van der Waals surface area contributed by atoms with Gasteiger partial charge in [0.25, 0.3) is 5.56 Å². The molecule has 0 spiro atoms. The van der Waals surface area contributed by atoms with Crippen LogP contribution in [0.1, 0.15) is 32.5 Å². The fraction of sp³-hybridized carbons (Fsp3) is 0.550. The second-order valence-corrected chi connectivity index (χ2v) is 7.45. The smallest absolute Gasteiger partial charge is 0.258 e. The van der Waals surface area contributed by atoms with E-state index in [1.165, 1.54) is 7.11 Å². The fourth-order valence-electron chi connectivity index (χ4n) is 3.40. The van der Waals surface area contributed by atoms with Crippen molar-refractivity contribution in [3.8, 4) is 11.5 Å². The average Bonchev–Trinajstić information content (AvgIpc) is 2.68. The van der Waals surface area contributed by atoms with Crippen molar-refractivity contribution in [1.29, 1.82) is 0 Å². The first-order valence-corrected chi connectivity index (χ1v) is 9.59. The summed E-state index contributed by atoms with van der Waals surface area (Å²) in [6.45, 7) is 6.05. The Kier molecular flexibility index (Phi) is 6.18. The van der Waals surface area contributed by atoms with Crippen LogP contribution in [0.4, 0.5) is 0 Å². The summed E-state index contributed by atoms with van der Waals surface area (Å²) in [4.78, 5) is 34.0. The third-order valence-corrected chi connectivity index (χ3v) is 5.09. The molecule has 1 saturated heterocycles. The molecule has 2 heterocycles. The number of piperidine rings is 1. The summed E-state index contributed by atoms with van der Waals surface area (Å²) >= 11 is 0. The van der Waals surface area contributed by atoms with Gasteiger partial charge in [0.1, 0.15) is 5.82 Å². The number of ether oxygens (including phenoxy) is 2. The number of hydrogen-bond acceptors (Lipinski definition) is 6. The van der Waals surface area contributed by atoms with Crippen molar-refractivity contribution < 1.29 is 14.3 Å². The van der Waals surface area contributed by atoms with Crippen LogP contribution in [0.2, 0.25) is 0 Å². The first-order valence-electron chi connectivity index (χ1n) is 9.59. The molecule has 0 saturated carbocycles. The van der Waals surface area contributed by atoms with Gasteiger partial charge in [0.2, 0.25) is 5.91 Å². The number of aromatic nitrogens is 2. The first kappa shape index (κ1) is 20.1. The van der Waals surface area contributed by atoms with Gasteiger partial charge in [-0.05, 0) is 18.9 Å². The lowest BCUT2D eigenvalue weighted by Crippen LogP contribution is -2.45. The Morgan fingerprint density at radius 2 is 1.89 bits per heavy atom. The highest BCUT2D eigenvalue weighted by Crippen LogP contribution is 2.30. The van der Waals surface area contributed by atoms with Gasteiger partial charge in [-0.2, -0.15) is 0 Å². The number of hydrogen-bond donors (Lipinski definition) is 2. The third kappa shape index (κ3) is 4.44. The number of nitrogens with zero attached hydrogens (tertiary/aromatic N) is 2. The number of methoxy groups -OCH3 is 2. The number of carbonyl (C=O) groups is 1. The van der Waals surface area contributed by atoms with E-state index in [1.807, 2.05) is 13.8 Å². The summed E-state index contributed by atoms with van der Waals surface area (Å²) in [5, 5.41) is 3.56. The Bertz CT molecular complexity index is 901. The third-order valence-electron chi connectivity index (χ3n) is 5.09. The Hall–Kier alpha value is -2.61. The number of fused-ring (bicyclic) bond motifs is 1. The van der Waals surface area contributed by atoms with Gasteiger partial charge in [-0.15, -0.1) is 0 Å². The molecule has 1 aliphatic heterocycles. The van der Waals surface area contributed by atoms with Crippen molar-refractivity contribution in [2.24, 2.45) is 5.92 Å². The van der Waals surface area contributed by atoms with Crippen molar-refractivity contribution in [3.63, 3.8) is 0 Å². The number of amides is 1. The number of H-pyrrole nitrogens is 1. The fourth-order valence-corrected chi connectivity index (χ4v) is 3.40. The summed E-state index contributed by atoms with van der Waals surface area (Å²) in [5.41, 5.74) is 0.385. The van der Waals surface area contributed by atoms with Crippen LogP contribution in [0.3, 0.4) is 0 Å². The molecule has 1 aromatic heterocycles. The van der Waals surface area contributed by atoms with Crippen molar-refractivity contribution >= 4 is 16.8 Å². The van der Waals surface area contributed by atoms with Crippen molar-refractivity contribution in [1.82, 2.24) is 20.2 Å². The molecule has 1 aliphatic rings. The molecule has 0 unspecified atom stereocenters. The summed E-state index contributed by atoms with van der Waals surface area (Å²) in [7, 11) is 3.09. The lowest BCUT2D eigenvalue weighted by Gasteiger charge is -2.32. The van der Waals surface area contributed by atoms with Gasteiger partial charge < -0.3 is 19.8 Å². The van der Waals surface area contributed by atoms with Gasteiger partial charge in [0, 0.05) is 31.1 Å². The molecular weight excluding hydrogens is 360 g/mol. The Balaban J connectivity index is 1.70. The molecule has 1 amide bonds. The summed E-state index contributed by atoms with van der Waals surface area (Å²) < 4.78 is 10.6. The van der Waals surface area contributed by atoms with Crippen molar-refractivity contribution in [3.05, 3.63) is 28.3 Å². The molecule has 28 heavy (non-hydrogen) atoms. The SMILES string of the molecule is COc1cc2nc(CN3CCC(NC(=O)C(C)C)CC3)[nH]c(=O)c2cc1OC. The van der Waals surface area contributed by atoms with E-state index in [0.29, 0.717) is 34.8 Å². The quantitative estimate of drug-likeness (QED) is 0.782. The van der Waals surface area contributed by atoms with E-state index in [4.69, 9.17) is 9.47 Å². The molecule has 1 aromatic carbocycles. The zero-order valence-corrected chi connectivity index (χ0v) is 16.9. The van der Waals surface area contributed by atoms with Crippen LogP contribution in [0, 0.1) is 5.92 Å². The molecule has 0 radical (unpaired) electrons. The topological polar surface area (TPSA) is 96.5 Å². The van der Waals surface area contributed by atoms with Crippen LogP contribution < -0.4 is 20.3 Å². The number of rotatable bonds is 6. The molecule has 0 bridgehead atoms. The highest BCUT2D eigenvalue weighted by atomic mass is 16.5. The summed E-state index contributed by atoms with van der Waals surface area (Å²) in [5.74, 6) is 1.76. The maximum Gasteiger partial charge on any atom is 0.258 e. The highest BCUT2D eigenvalue weighted by molar-refractivity contribution is 5.81. The van der Waals surface area contributed by atoms with Gasteiger partial charge in [-0.3, -0.25) is 14.5 Å². The van der Waals surface area contributed by atoms with Gasteiger partial charge in [0.15, 0.2) is 11.5 Å². The van der Waals surface area contributed by atoms with Crippen molar-refractivity contribution in [2.75, 3.05) is 27.3 Å². The lowest BCUT2D eigenvalue weighted by molar-refractivity contribution is -0.125. The van der Waals surface area contributed by atoms with Crippen LogP contribution >= 0.6 is 0 Å². The highest BCUT2D eigenvalue weighted by Gasteiger charge is 2.22. The predicted octanol–water partition coefficient (Wildman–Crippen LogP) is 1.68. The molecule has 152 valence electrons. The number of nitrogens with one attached hydrogen (secondary N) is 2. The minimum atomic E-state index is -0.194. The van der Waals surface area contributed by atoms with Crippen LogP contribution in [-0.2, 0) is 11.3 Å². The van der Waals surface area contributed by atoms with Crippen LogP contribution in [-0.4, -0.2) is 54.1 Å². The molecule has 8 heteroatoms. The van der Waals surface area contributed by atoms with Crippen LogP contribution in [0.5, 0.6) is 11.5 Å². The van der Waals surface area contributed by atoms with E-state index in [1.54, 1.807) is 19.2 Å². The van der Waals surface area contributed by atoms with E-state index < -0.39 is 0 Å². The minimum absolute atomic E-state index is 0.000482. The molecule has 2 N–H and O–H groups in total. The monoisotopic (exact) mass is 388 g/mol. The number of likely N-dealkylation sites (tertiary alicyclic amines) is 1. The zero-order valence-electron chi connectivity index (χ0n) is 16.9. The molecular formula is C20H28N4O4. The van der Waals surface area contributed by atoms with E-state index in [-0.39, 0.29) is 23.4 Å². The molecule has 2 aromatic rings. The van der Waals surface area contributed by atoms with Gasteiger partial charge in [0.05, 0.1) is 31.7 Å². The van der Waals surface area contributed by atoms with E-state index in [9.17, 15) is 9.59 Å². The average molecular weight is 388 g/mol.